The third-order valence-corrected chi connectivity index (χ3v) is 2.98. The van der Waals surface area contributed by atoms with Gasteiger partial charge in [-0.1, -0.05) is 6.92 Å². The van der Waals surface area contributed by atoms with Gasteiger partial charge in [-0.2, -0.15) is 0 Å². The van der Waals surface area contributed by atoms with Crippen molar-refractivity contribution in [2.75, 3.05) is 0 Å². The molecule has 1 rings (SSSR count). The van der Waals surface area contributed by atoms with E-state index in [-0.39, 0.29) is 6.42 Å². The van der Waals surface area contributed by atoms with E-state index in [2.05, 4.69) is 30.3 Å². The summed E-state index contributed by atoms with van der Waals surface area (Å²) in [5.74, 6) is -0.745. The van der Waals surface area contributed by atoms with Gasteiger partial charge in [-0.05, 0) is 0 Å². The zero-order valence-corrected chi connectivity index (χ0v) is 12.7. The van der Waals surface area contributed by atoms with Crippen molar-refractivity contribution < 1.29 is 36.0 Å². The summed E-state index contributed by atoms with van der Waals surface area (Å²) in [7, 11) is 0. The molecule has 0 unspecified atom stereocenters. The molecule has 0 bridgehead atoms. The van der Waals surface area contributed by atoms with Crippen molar-refractivity contribution in [3.63, 3.8) is 0 Å². The standard InChI is InChI=1S/C6H5.C3H6O2.Hg/c1-2-4-6-5-3-1;1-2-3(4)5;/h1-5H;2H2,1H3,(H,4,5);. The van der Waals surface area contributed by atoms with E-state index >= 15 is 0 Å². The first kappa shape index (κ1) is 11.6. The molecule has 1 N–H and O–H groups in total. The topological polar surface area (TPSA) is 37.3 Å². The average molecular weight is 352 g/mol. The molecule has 12 heavy (non-hydrogen) atoms. The maximum atomic E-state index is 9.37. The molecule has 61 valence electrons. The Morgan fingerprint density at radius 3 is 2.00 bits per heavy atom. The van der Waals surface area contributed by atoms with Gasteiger partial charge in [0.15, 0.2) is 0 Å². The first-order chi connectivity index (χ1) is 5.66. The minimum absolute atomic E-state index is 0.222. The van der Waals surface area contributed by atoms with Gasteiger partial charge in [-0.25, -0.2) is 0 Å². The van der Waals surface area contributed by atoms with Gasteiger partial charge in [-0.3, -0.25) is 4.79 Å². The molecule has 0 aliphatic heterocycles. The van der Waals surface area contributed by atoms with Gasteiger partial charge in [0.05, 0.1) is 0 Å². The average Bonchev–Trinajstić information content (AvgIpc) is 2.07. The van der Waals surface area contributed by atoms with Gasteiger partial charge >= 0.3 is 65.5 Å². The van der Waals surface area contributed by atoms with Crippen LogP contribution in [-0.4, -0.2) is 11.1 Å². The molecule has 0 fully saturated rings. The summed E-state index contributed by atoms with van der Waals surface area (Å²) in [4.78, 5) is 9.37. The minimum atomic E-state index is -0.745. The number of hydrogen-bond acceptors (Lipinski definition) is 1. The van der Waals surface area contributed by atoms with Crippen molar-refractivity contribution in [3.05, 3.63) is 30.3 Å². The van der Waals surface area contributed by atoms with Gasteiger partial charge in [0.2, 0.25) is 0 Å². The molecule has 1 aromatic rings. The summed E-state index contributed by atoms with van der Waals surface area (Å²) >= 11 is 0.810. The van der Waals surface area contributed by atoms with Crippen LogP contribution in [0.15, 0.2) is 30.3 Å². The van der Waals surface area contributed by atoms with Gasteiger partial charge in [0.1, 0.15) is 0 Å². The molecule has 0 radical (unpaired) electrons. The Bertz CT molecular complexity index is 221. The number of benzene rings is 1. The Kier molecular flexibility index (Phi) is 7.06. The first-order valence-electron chi connectivity index (χ1n) is 3.75. The van der Waals surface area contributed by atoms with E-state index in [1.807, 2.05) is 0 Å². The predicted octanol–water partition coefficient (Wildman–Crippen LogP) is 1.34. The van der Waals surface area contributed by atoms with Crippen LogP contribution >= 0.6 is 0 Å². The van der Waals surface area contributed by atoms with E-state index in [1.165, 1.54) is 3.07 Å². The van der Waals surface area contributed by atoms with E-state index in [1.54, 1.807) is 6.92 Å². The van der Waals surface area contributed by atoms with Gasteiger partial charge in [-0.15, -0.1) is 0 Å². The van der Waals surface area contributed by atoms with Crippen molar-refractivity contribution in [1.82, 2.24) is 0 Å². The predicted molar refractivity (Wildman–Crippen MR) is 44.0 cm³/mol. The Morgan fingerprint density at radius 1 is 1.42 bits per heavy atom. The first-order valence-corrected chi connectivity index (χ1v) is 6.50. The number of carboxylic acid groups (broad SMARTS) is 1. The number of aliphatic carboxylic acids is 1. The van der Waals surface area contributed by atoms with Crippen LogP contribution in [-0.2, 0) is 30.9 Å². The molecule has 1 aromatic carbocycles. The van der Waals surface area contributed by atoms with E-state index in [4.69, 9.17) is 5.11 Å². The second-order valence-electron chi connectivity index (χ2n) is 2.23. The van der Waals surface area contributed by atoms with Crippen LogP contribution in [0.1, 0.15) is 13.3 Å². The Morgan fingerprint density at radius 2 is 1.83 bits per heavy atom. The second-order valence-corrected chi connectivity index (χ2v) is 5.41. The molecule has 0 amide bonds. The monoisotopic (exact) mass is 353 g/mol. The van der Waals surface area contributed by atoms with Gasteiger partial charge in [0, 0.05) is 6.42 Å². The van der Waals surface area contributed by atoms with E-state index in [0.29, 0.717) is 0 Å². The van der Waals surface area contributed by atoms with E-state index in [0.717, 1.165) is 26.1 Å². The molecule has 0 heterocycles. The number of carboxylic acids is 1. The van der Waals surface area contributed by atoms with E-state index in [9.17, 15) is 4.79 Å². The molecule has 0 aromatic heterocycles. The zero-order chi connectivity index (χ0) is 9.40. The quantitative estimate of drug-likeness (QED) is 0.775. The molecule has 0 saturated heterocycles. The number of carbonyl (C=O) groups is 1. The maximum absolute atomic E-state index is 9.37. The zero-order valence-electron chi connectivity index (χ0n) is 7.16. The molecular weight excluding hydrogens is 341 g/mol. The fourth-order valence-corrected chi connectivity index (χ4v) is 1.54. The molecule has 3 heteroatoms. The summed E-state index contributed by atoms with van der Waals surface area (Å²) < 4.78 is 1.52. The normalized spacial score (nSPS) is 8.25. The second kappa shape index (κ2) is 7.28. The summed E-state index contributed by atoms with van der Waals surface area (Å²) in [6, 6.07) is 10.6. The Labute approximate surface area is 88.6 Å². The van der Waals surface area contributed by atoms with Crippen LogP contribution in [0.2, 0.25) is 0 Å². The SMILES string of the molecule is CCC(=O)O.[Hg][c]1ccccc1. The third kappa shape index (κ3) is 7.73. The van der Waals surface area contributed by atoms with Crippen molar-refractivity contribution in [2.24, 2.45) is 0 Å². The van der Waals surface area contributed by atoms with Crippen molar-refractivity contribution in [1.29, 1.82) is 0 Å². The fraction of sp³-hybridized carbons (Fsp3) is 0.222. The van der Waals surface area contributed by atoms with Crippen molar-refractivity contribution in [2.45, 2.75) is 13.3 Å². The molecule has 0 aliphatic carbocycles. The van der Waals surface area contributed by atoms with Gasteiger partial charge < -0.3 is 5.11 Å². The number of rotatable bonds is 1. The van der Waals surface area contributed by atoms with E-state index < -0.39 is 5.97 Å². The summed E-state index contributed by atoms with van der Waals surface area (Å²) in [6.07, 6.45) is 0.222. The third-order valence-electron chi connectivity index (χ3n) is 1.15. The molecular formula is C9H11HgO2. The van der Waals surface area contributed by atoms with Gasteiger partial charge in [0.25, 0.3) is 0 Å². The van der Waals surface area contributed by atoms with Crippen LogP contribution in [0.3, 0.4) is 0 Å². The Hall–Kier alpha value is -0.375. The Balaban J connectivity index is 0.000000217. The van der Waals surface area contributed by atoms with Crippen LogP contribution in [0, 0.1) is 0 Å². The van der Waals surface area contributed by atoms with Crippen LogP contribution in [0.25, 0.3) is 0 Å². The molecule has 0 atom stereocenters. The molecule has 0 spiro atoms. The summed E-state index contributed by atoms with van der Waals surface area (Å²) in [5.41, 5.74) is 0. The number of hydrogen-bond donors (Lipinski definition) is 1. The molecule has 0 aliphatic rings. The fourth-order valence-electron chi connectivity index (χ4n) is 0.478. The summed E-state index contributed by atoms with van der Waals surface area (Å²) in [6.45, 7) is 1.60. The van der Waals surface area contributed by atoms with Crippen LogP contribution < -0.4 is 3.07 Å². The molecule has 0 saturated carbocycles. The molecule has 2 nitrogen and oxygen atoms in total. The van der Waals surface area contributed by atoms with Crippen molar-refractivity contribution in [3.8, 4) is 0 Å². The van der Waals surface area contributed by atoms with Crippen LogP contribution in [0.5, 0.6) is 0 Å². The van der Waals surface area contributed by atoms with Crippen LogP contribution in [0.4, 0.5) is 0 Å². The van der Waals surface area contributed by atoms with Crippen molar-refractivity contribution >= 4 is 9.04 Å². The summed E-state index contributed by atoms with van der Waals surface area (Å²) in [5, 5.41) is 7.72.